The van der Waals surface area contributed by atoms with Crippen molar-refractivity contribution in [3.63, 3.8) is 0 Å². The fourth-order valence-corrected chi connectivity index (χ4v) is 8.76. The molecule has 1 aliphatic rings. The van der Waals surface area contributed by atoms with Crippen molar-refractivity contribution >= 4 is 50.2 Å². The van der Waals surface area contributed by atoms with E-state index >= 15 is 0 Å². The minimum Gasteiger partial charge on any atom is -0.398 e. The summed E-state index contributed by atoms with van der Waals surface area (Å²) in [5.41, 5.74) is 20.8. The Hall–Kier alpha value is -8.09. The highest BCUT2D eigenvalue weighted by Crippen LogP contribution is 2.40. The SMILES string of the molecule is NC(=CC(=Nn1c2ccccc2c2cc(C3C=Cc4c(c5ccccc5n4-c4nc(-c5ccccc5)cc(-c5ccccc5)n4)C3)ccc21)c1ccccc1)c1ccccc1. The van der Waals surface area contributed by atoms with Gasteiger partial charge in [-0.05, 0) is 65.6 Å². The molecule has 3 heterocycles. The summed E-state index contributed by atoms with van der Waals surface area (Å²) in [7, 11) is 0. The van der Waals surface area contributed by atoms with Crippen molar-refractivity contribution < 1.29 is 0 Å². The molecule has 0 aliphatic heterocycles. The van der Waals surface area contributed by atoms with Gasteiger partial charge in [0.15, 0.2) is 0 Å². The van der Waals surface area contributed by atoms with Gasteiger partial charge >= 0.3 is 0 Å². The van der Waals surface area contributed by atoms with Crippen molar-refractivity contribution in [3.8, 4) is 28.5 Å². The Balaban J connectivity index is 1.02. The number of fused-ring (bicyclic) bond motifs is 6. The van der Waals surface area contributed by atoms with Crippen molar-refractivity contribution in [2.45, 2.75) is 12.3 Å². The molecule has 6 nitrogen and oxygen atoms in total. The van der Waals surface area contributed by atoms with E-state index in [0.717, 1.165) is 78.8 Å². The van der Waals surface area contributed by atoms with Gasteiger partial charge in [-0.25, -0.2) is 14.6 Å². The van der Waals surface area contributed by atoms with Gasteiger partial charge in [0.05, 0.1) is 39.3 Å². The van der Waals surface area contributed by atoms with E-state index in [2.05, 4.69) is 155 Å². The minimum absolute atomic E-state index is 0.159. The predicted octanol–water partition coefficient (Wildman–Crippen LogP) is 12.5. The highest BCUT2D eigenvalue weighted by Gasteiger charge is 2.26. The van der Waals surface area contributed by atoms with E-state index in [1.165, 1.54) is 16.5 Å². The van der Waals surface area contributed by atoms with Crippen molar-refractivity contribution in [3.05, 3.63) is 234 Å². The first-order chi connectivity index (χ1) is 30.2. The lowest BCUT2D eigenvalue weighted by Crippen LogP contribution is -2.10. The first-order valence-electron chi connectivity index (χ1n) is 20.7. The molecule has 0 fully saturated rings. The summed E-state index contributed by atoms with van der Waals surface area (Å²) in [6, 6.07) is 67.1. The second-order valence-electron chi connectivity index (χ2n) is 15.5. The van der Waals surface area contributed by atoms with Crippen LogP contribution in [0, 0.1) is 0 Å². The predicted molar refractivity (Wildman–Crippen MR) is 252 cm³/mol. The number of nitrogens with zero attached hydrogens (tertiary/aromatic N) is 5. The van der Waals surface area contributed by atoms with E-state index in [1.54, 1.807) is 0 Å². The summed E-state index contributed by atoms with van der Waals surface area (Å²) in [5.74, 6) is 0.817. The van der Waals surface area contributed by atoms with Gasteiger partial charge in [0.2, 0.25) is 5.95 Å². The summed E-state index contributed by atoms with van der Waals surface area (Å²) in [5, 5.41) is 8.87. The zero-order valence-electron chi connectivity index (χ0n) is 33.3. The first-order valence-corrected chi connectivity index (χ1v) is 20.7. The fourth-order valence-electron chi connectivity index (χ4n) is 8.76. The normalized spacial score (nSPS) is 14.2. The number of aromatic nitrogens is 4. The first kappa shape index (κ1) is 36.0. The van der Waals surface area contributed by atoms with Crippen LogP contribution in [0.5, 0.6) is 0 Å². The summed E-state index contributed by atoms with van der Waals surface area (Å²) in [4.78, 5) is 10.5. The van der Waals surface area contributed by atoms with Crippen LogP contribution in [0.4, 0.5) is 0 Å². The molecule has 0 spiro atoms. The van der Waals surface area contributed by atoms with Crippen LogP contribution in [-0.2, 0) is 6.42 Å². The van der Waals surface area contributed by atoms with Gasteiger partial charge in [-0.15, -0.1) is 0 Å². The van der Waals surface area contributed by atoms with Gasteiger partial charge in [-0.2, -0.15) is 5.10 Å². The van der Waals surface area contributed by atoms with Crippen LogP contribution in [0.1, 0.15) is 33.9 Å². The molecule has 1 aliphatic carbocycles. The van der Waals surface area contributed by atoms with Crippen LogP contribution in [0.25, 0.3) is 72.9 Å². The third-order valence-corrected chi connectivity index (χ3v) is 11.8. The second-order valence-corrected chi connectivity index (χ2v) is 15.5. The third-order valence-electron chi connectivity index (χ3n) is 11.8. The van der Waals surface area contributed by atoms with Gasteiger partial charge in [0, 0.05) is 44.5 Å². The molecule has 61 heavy (non-hydrogen) atoms. The Labute approximate surface area is 353 Å². The minimum atomic E-state index is 0.159. The highest BCUT2D eigenvalue weighted by molar-refractivity contribution is 6.14. The Kier molecular flexibility index (Phi) is 9.01. The van der Waals surface area contributed by atoms with Crippen molar-refractivity contribution in [2.24, 2.45) is 10.8 Å². The highest BCUT2D eigenvalue weighted by atomic mass is 15.3. The van der Waals surface area contributed by atoms with Crippen LogP contribution in [0.2, 0.25) is 0 Å². The Bertz CT molecular complexity index is 3260. The van der Waals surface area contributed by atoms with Crippen molar-refractivity contribution in [1.82, 2.24) is 19.2 Å². The molecule has 7 aromatic carbocycles. The molecule has 0 bridgehead atoms. The van der Waals surface area contributed by atoms with E-state index in [9.17, 15) is 0 Å². The van der Waals surface area contributed by atoms with Crippen LogP contribution in [0.3, 0.4) is 0 Å². The van der Waals surface area contributed by atoms with Crippen molar-refractivity contribution in [2.75, 3.05) is 0 Å². The lowest BCUT2D eigenvalue weighted by Gasteiger charge is -2.20. The molecule has 2 N–H and O–H groups in total. The summed E-state index contributed by atoms with van der Waals surface area (Å²) in [6.07, 6.45) is 7.44. The van der Waals surface area contributed by atoms with Gasteiger partial charge < -0.3 is 5.73 Å². The van der Waals surface area contributed by atoms with Crippen LogP contribution >= 0.6 is 0 Å². The molecule has 0 saturated carbocycles. The standard InChI is InChI=1S/C55H40N6/c56-47(37-17-5-1-6-18-37)35-50(40-23-11-4-12-24-40)59-61-53-28-16-14-26-44(53)46-34-42(30-32-54(46)61)41-29-31-52-45(33-41)43-25-13-15-27-51(43)60(52)55-57-48(38-19-7-2-8-20-38)36-49(58-55)39-21-9-3-10-22-39/h1-32,34-36,41H,33,56H2. The van der Waals surface area contributed by atoms with Crippen molar-refractivity contribution in [1.29, 1.82) is 0 Å². The molecule has 290 valence electrons. The molecule has 1 atom stereocenters. The maximum absolute atomic E-state index is 6.71. The monoisotopic (exact) mass is 784 g/mol. The van der Waals surface area contributed by atoms with E-state index in [4.69, 9.17) is 20.8 Å². The molecule has 11 rings (SSSR count). The third kappa shape index (κ3) is 6.61. The number of hydrogen-bond donors (Lipinski definition) is 1. The number of rotatable bonds is 8. The lowest BCUT2D eigenvalue weighted by molar-refractivity contribution is 0.821. The number of hydrogen-bond acceptors (Lipinski definition) is 4. The quantitative estimate of drug-likeness (QED) is 0.156. The zero-order valence-corrected chi connectivity index (χ0v) is 33.3. The van der Waals surface area contributed by atoms with Gasteiger partial charge in [0.25, 0.3) is 0 Å². The Morgan fingerprint density at radius 3 is 1.79 bits per heavy atom. The fraction of sp³-hybridized carbons (Fsp3) is 0.0364. The van der Waals surface area contributed by atoms with Crippen LogP contribution in [-0.4, -0.2) is 24.9 Å². The Morgan fingerprint density at radius 2 is 1.11 bits per heavy atom. The number of nitrogens with two attached hydrogens (primary N) is 1. The van der Waals surface area contributed by atoms with Gasteiger partial charge in [0.1, 0.15) is 0 Å². The van der Waals surface area contributed by atoms with Gasteiger partial charge in [-0.3, -0.25) is 4.57 Å². The maximum Gasteiger partial charge on any atom is 0.235 e. The van der Waals surface area contributed by atoms with Crippen LogP contribution < -0.4 is 5.73 Å². The average Bonchev–Trinajstić information content (AvgIpc) is 3.84. The molecule has 0 saturated heterocycles. The lowest BCUT2D eigenvalue weighted by atomic mass is 9.86. The maximum atomic E-state index is 6.71. The van der Waals surface area contributed by atoms with E-state index in [0.29, 0.717) is 11.6 Å². The summed E-state index contributed by atoms with van der Waals surface area (Å²) >= 11 is 0. The topological polar surface area (TPSA) is 74.0 Å². The summed E-state index contributed by atoms with van der Waals surface area (Å²) < 4.78 is 4.32. The largest absolute Gasteiger partial charge is 0.398 e. The molecule has 6 heteroatoms. The number of allylic oxidation sites excluding steroid dienone is 2. The Morgan fingerprint density at radius 1 is 0.557 bits per heavy atom. The smallest absolute Gasteiger partial charge is 0.235 e. The summed E-state index contributed by atoms with van der Waals surface area (Å²) in [6.45, 7) is 0. The molecular formula is C55H40N6. The zero-order chi connectivity index (χ0) is 40.7. The second kappa shape index (κ2) is 15.3. The number of benzene rings is 7. The molecule has 3 aromatic heterocycles. The van der Waals surface area contributed by atoms with Crippen LogP contribution in [0.15, 0.2) is 211 Å². The molecule has 10 aromatic rings. The average molecular weight is 785 g/mol. The molecular weight excluding hydrogens is 745 g/mol. The molecule has 1 unspecified atom stereocenters. The molecule has 0 amide bonds. The van der Waals surface area contributed by atoms with E-state index < -0.39 is 0 Å². The molecule has 0 radical (unpaired) electrons. The number of para-hydroxylation sites is 2. The van der Waals surface area contributed by atoms with E-state index in [-0.39, 0.29) is 5.92 Å². The van der Waals surface area contributed by atoms with E-state index in [1.807, 2.05) is 66.7 Å². The van der Waals surface area contributed by atoms with Gasteiger partial charge in [-0.1, -0.05) is 170 Å².